The molecule has 1 aliphatic heterocycles. The molecular formula is C20H37NO3. The third-order valence-electron chi connectivity index (χ3n) is 4.83. The highest BCUT2D eigenvalue weighted by Crippen LogP contribution is 2.20. The molecule has 0 radical (unpaired) electrons. The van der Waals surface area contributed by atoms with Crippen molar-refractivity contribution in [3.05, 3.63) is 0 Å². The summed E-state index contributed by atoms with van der Waals surface area (Å²) in [6.45, 7) is 5.52. The molecule has 0 bridgehead atoms. The number of amides is 1. The predicted molar refractivity (Wildman–Crippen MR) is 97.8 cm³/mol. The fourth-order valence-electron chi connectivity index (χ4n) is 3.29. The van der Waals surface area contributed by atoms with E-state index in [0.29, 0.717) is 19.6 Å². The molecule has 1 heterocycles. The Labute approximate surface area is 148 Å². The number of carbonyl (C=O) groups excluding carboxylic acids is 2. The standard InChI is InChI=1S/C20H37NO3/c1-3-5-7-8-9-10-11-12-17-24-20(23)18-14-13-16-21(18)19(22)15-6-4-2/h18H,3-17H2,1-2H3. The van der Waals surface area contributed by atoms with Crippen LogP contribution in [0.2, 0.25) is 0 Å². The Hall–Kier alpha value is -1.06. The van der Waals surface area contributed by atoms with Gasteiger partial charge < -0.3 is 9.64 Å². The Morgan fingerprint density at radius 3 is 2.21 bits per heavy atom. The minimum absolute atomic E-state index is 0.114. The second kappa shape index (κ2) is 13.3. The number of hydrogen-bond donors (Lipinski definition) is 0. The van der Waals surface area contributed by atoms with Crippen molar-refractivity contribution >= 4 is 11.9 Å². The predicted octanol–water partition coefficient (Wildman–Crippen LogP) is 4.85. The van der Waals surface area contributed by atoms with Crippen molar-refractivity contribution < 1.29 is 14.3 Å². The van der Waals surface area contributed by atoms with E-state index in [-0.39, 0.29) is 17.9 Å². The number of carbonyl (C=O) groups is 2. The molecule has 1 amide bonds. The summed E-state index contributed by atoms with van der Waals surface area (Å²) >= 11 is 0. The normalized spacial score (nSPS) is 17.2. The number of rotatable bonds is 13. The zero-order chi connectivity index (χ0) is 17.6. The average molecular weight is 340 g/mol. The van der Waals surface area contributed by atoms with Crippen molar-refractivity contribution in [1.29, 1.82) is 0 Å². The van der Waals surface area contributed by atoms with E-state index in [1.165, 1.54) is 38.5 Å². The van der Waals surface area contributed by atoms with Gasteiger partial charge in [-0.1, -0.05) is 65.2 Å². The van der Waals surface area contributed by atoms with Gasteiger partial charge in [-0.2, -0.15) is 0 Å². The first kappa shape index (κ1) is 21.0. The Morgan fingerprint density at radius 1 is 0.917 bits per heavy atom. The molecule has 0 aliphatic carbocycles. The molecule has 4 heteroatoms. The maximum absolute atomic E-state index is 12.2. The smallest absolute Gasteiger partial charge is 0.328 e. The molecule has 1 saturated heterocycles. The van der Waals surface area contributed by atoms with Gasteiger partial charge in [0.1, 0.15) is 6.04 Å². The minimum Gasteiger partial charge on any atom is -0.464 e. The lowest BCUT2D eigenvalue weighted by molar-refractivity contribution is -0.153. The van der Waals surface area contributed by atoms with Gasteiger partial charge in [0.25, 0.3) is 0 Å². The van der Waals surface area contributed by atoms with Crippen LogP contribution < -0.4 is 0 Å². The first-order valence-corrected chi connectivity index (χ1v) is 10.2. The zero-order valence-corrected chi connectivity index (χ0v) is 15.9. The third kappa shape index (κ3) is 8.16. The molecule has 0 aromatic carbocycles. The summed E-state index contributed by atoms with van der Waals surface area (Å²) in [5, 5.41) is 0. The molecule has 1 unspecified atom stereocenters. The summed E-state index contributed by atoms with van der Waals surface area (Å²) in [7, 11) is 0. The maximum atomic E-state index is 12.2. The summed E-state index contributed by atoms with van der Waals surface area (Å²) in [5.41, 5.74) is 0. The number of unbranched alkanes of at least 4 members (excludes halogenated alkanes) is 8. The summed E-state index contributed by atoms with van der Waals surface area (Å²) in [6, 6.07) is -0.330. The first-order valence-electron chi connectivity index (χ1n) is 10.2. The van der Waals surface area contributed by atoms with Crippen molar-refractivity contribution in [3.8, 4) is 0 Å². The lowest BCUT2D eigenvalue weighted by atomic mass is 10.1. The van der Waals surface area contributed by atoms with Crippen molar-refractivity contribution in [3.63, 3.8) is 0 Å². The van der Waals surface area contributed by atoms with Crippen molar-refractivity contribution in [2.45, 2.75) is 103 Å². The molecule has 1 aliphatic rings. The molecule has 0 N–H and O–H groups in total. The molecule has 1 rings (SSSR count). The lowest BCUT2D eigenvalue weighted by Gasteiger charge is -2.23. The molecule has 4 nitrogen and oxygen atoms in total. The summed E-state index contributed by atoms with van der Waals surface area (Å²) in [6.07, 6.45) is 14.0. The van der Waals surface area contributed by atoms with Crippen molar-refractivity contribution in [2.24, 2.45) is 0 Å². The maximum Gasteiger partial charge on any atom is 0.328 e. The van der Waals surface area contributed by atoms with Gasteiger partial charge in [-0.15, -0.1) is 0 Å². The fourth-order valence-corrected chi connectivity index (χ4v) is 3.29. The van der Waals surface area contributed by atoms with Gasteiger partial charge in [-0.05, 0) is 25.7 Å². The van der Waals surface area contributed by atoms with E-state index in [4.69, 9.17) is 4.74 Å². The Kier molecular flexibility index (Phi) is 11.6. The van der Waals surface area contributed by atoms with Crippen molar-refractivity contribution in [1.82, 2.24) is 4.90 Å². The molecule has 0 aromatic heterocycles. The lowest BCUT2D eigenvalue weighted by Crippen LogP contribution is -2.41. The van der Waals surface area contributed by atoms with Crippen LogP contribution >= 0.6 is 0 Å². The number of esters is 1. The van der Waals surface area contributed by atoms with E-state index in [1.54, 1.807) is 4.90 Å². The van der Waals surface area contributed by atoms with E-state index in [2.05, 4.69) is 13.8 Å². The highest BCUT2D eigenvalue weighted by molar-refractivity contribution is 5.85. The van der Waals surface area contributed by atoms with Crippen LogP contribution in [0.5, 0.6) is 0 Å². The monoisotopic (exact) mass is 339 g/mol. The number of hydrogen-bond acceptors (Lipinski definition) is 3. The van der Waals surface area contributed by atoms with Crippen LogP contribution in [0, 0.1) is 0 Å². The van der Waals surface area contributed by atoms with E-state index < -0.39 is 0 Å². The first-order chi connectivity index (χ1) is 11.7. The van der Waals surface area contributed by atoms with E-state index >= 15 is 0 Å². The molecule has 1 atom stereocenters. The summed E-state index contributed by atoms with van der Waals surface area (Å²) in [5.74, 6) is -0.0799. The summed E-state index contributed by atoms with van der Waals surface area (Å²) in [4.78, 5) is 26.1. The van der Waals surface area contributed by atoms with Crippen LogP contribution in [0.3, 0.4) is 0 Å². The van der Waals surface area contributed by atoms with Gasteiger partial charge in [-0.3, -0.25) is 4.79 Å². The molecule has 140 valence electrons. The zero-order valence-electron chi connectivity index (χ0n) is 15.9. The average Bonchev–Trinajstić information content (AvgIpc) is 3.08. The number of ether oxygens (including phenoxy) is 1. The Bertz CT molecular complexity index is 357. The van der Waals surface area contributed by atoms with Crippen LogP contribution in [0.15, 0.2) is 0 Å². The van der Waals surface area contributed by atoms with Gasteiger partial charge in [0.2, 0.25) is 5.91 Å². The Balaban J connectivity index is 2.12. The molecule has 24 heavy (non-hydrogen) atoms. The van der Waals surface area contributed by atoms with Crippen LogP contribution in [0.4, 0.5) is 0 Å². The van der Waals surface area contributed by atoms with Crippen LogP contribution in [0.25, 0.3) is 0 Å². The number of likely N-dealkylation sites (tertiary alicyclic amines) is 1. The number of nitrogens with zero attached hydrogens (tertiary/aromatic N) is 1. The van der Waals surface area contributed by atoms with Crippen molar-refractivity contribution in [2.75, 3.05) is 13.2 Å². The molecular weight excluding hydrogens is 302 g/mol. The summed E-state index contributed by atoms with van der Waals surface area (Å²) < 4.78 is 5.42. The Morgan fingerprint density at radius 2 is 1.54 bits per heavy atom. The molecule has 0 saturated carbocycles. The van der Waals surface area contributed by atoms with E-state index in [1.807, 2.05) is 0 Å². The second-order valence-electron chi connectivity index (χ2n) is 6.99. The van der Waals surface area contributed by atoms with Gasteiger partial charge in [-0.25, -0.2) is 4.79 Å². The van der Waals surface area contributed by atoms with E-state index in [0.717, 1.165) is 38.5 Å². The van der Waals surface area contributed by atoms with Gasteiger partial charge in [0.15, 0.2) is 0 Å². The molecule has 1 fully saturated rings. The largest absolute Gasteiger partial charge is 0.464 e. The van der Waals surface area contributed by atoms with Crippen LogP contribution in [-0.4, -0.2) is 36.0 Å². The highest BCUT2D eigenvalue weighted by atomic mass is 16.5. The topological polar surface area (TPSA) is 46.6 Å². The van der Waals surface area contributed by atoms with E-state index in [9.17, 15) is 9.59 Å². The van der Waals surface area contributed by atoms with Crippen LogP contribution in [-0.2, 0) is 14.3 Å². The van der Waals surface area contributed by atoms with Gasteiger partial charge in [0, 0.05) is 13.0 Å². The molecule has 0 aromatic rings. The second-order valence-corrected chi connectivity index (χ2v) is 6.99. The fraction of sp³-hybridized carbons (Fsp3) is 0.900. The third-order valence-corrected chi connectivity index (χ3v) is 4.83. The van der Waals surface area contributed by atoms with Gasteiger partial charge >= 0.3 is 5.97 Å². The van der Waals surface area contributed by atoms with Crippen LogP contribution in [0.1, 0.15) is 97.3 Å². The van der Waals surface area contributed by atoms with Gasteiger partial charge in [0.05, 0.1) is 6.61 Å². The quantitative estimate of drug-likeness (QED) is 0.356. The highest BCUT2D eigenvalue weighted by Gasteiger charge is 2.34. The SMILES string of the molecule is CCCCCCCCCCOC(=O)C1CCCN1C(=O)CCCC. The molecule has 0 spiro atoms. The minimum atomic E-state index is -0.330.